The largest absolute Gasteiger partial charge is 0.496 e. The molecule has 6 heteroatoms. The first-order valence-electron chi connectivity index (χ1n) is 10.2. The van der Waals surface area contributed by atoms with Crippen molar-refractivity contribution in [3.63, 3.8) is 0 Å². The number of benzene rings is 1. The van der Waals surface area contributed by atoms with Crippen molar-refractivity contribution < 1.29 is 9.47 Å². The van der Waals surface area contributed by atoms with Crippen LogP contribution in [0.5, 0.6) is 5.75 Å². The molecule has 0 aliphatic carbocycles. The third-order valence-corrected chi connectivity index (χ3v) is 5.62. The molecule has 0 saturated carbocycles. The Balaban J connectivity index is 0.00000392. The normalized spacial score (nSPS) is 17.6. The fourth-order valence-corrected chi connectivity index (χ4v) is 3.44. The van der Waals surface area contributed by atoms with Crippen LogP contribution in [-0.2, 0) is 10.2 Å². The monoisotopic (exact) mass is 503 g/mol. The quantitative estimate of drug-likeness (QED) is 0.332. The van der Waals surface area contributed by atoms with Gasteiger partial charge in [-0.3, -0.25) is 4.99 Å². The van der Waals surface area contributed by atoms with Crippen molar-refractivity contribution in [2.45, 2.75) is 58.9 Å². The van der Waals surface area contributed by atoms with Gasteiger partial charge < -0.3 is 20.1 Å². The fraction of sp³-hybridized carbons (Fsp3) is 0.682. The Morgan fingerprint density at radius 3 is 2.50 bits per heavy atom. The summed E-state index contributed by atoms with van der Waals surface area (Å²) in [5.74, 6) is 2.38. The Morgan fingerprint density at radius 1 is 1.25 bits per heavy atom. The van der Waals surface area contributed by atoms with Gasteiger partial charge in [-0.05, 0) is 45.6 Å². The molecular formula is C22H38IN3O2. The molecule has 1 unspecified atom stereocenters. The Hall–Kier alpha value is -1.02. The van der Waals surface area contributed by atoms with Gasteiger partial charge >= 0.3 is 0 Å². The van der Waals surface area contributed by atoms with Crippen molar-refractivity contribution >= 4 is 29.9 Å². The molecule has 1 aliphatic rings. The summed E-state index contributed by atoms with van der Waals surface area (Å²) in [4.78, 5) is 5.00. The van der Waals surface area contributed by atoms with E-state index in [-0.39, 0.29) is 29.4 Å². The van der Waals surface area contributed by atoms with Crippen molar-refractivity contribution in [2.24, 2.45) is 10.9 Å². The molecule has 5 nitrogen and oxygen atoms in total. The van der Waals surface area contributed by atoms with Gasteiger partial charge in [-0.15, -0.1) is 24.0 Å². The highest BCUT2D eigenvalue weighted by molar-refractivity contribution is 14.0. The maximum atomic E-state index is 5.71. The second kappa shape index (κ2) is 11.9. The molecule has 1 aliphatic heterocycles. The summed E-state index contributed by atoms with van der Waals surface area (Å²) in [6.45, 7) is 14.0. The van der Waals surface area contributed by atoms with Crippen LogP contribution in [0.4, 0.5) is 0 Å². The lowest BCUT2D eigenvalue weighted by Crippen LogP contribution is -2.45. The number of guanidine groups is 1. The number of nitrogens with zero attached hydrogens (tertiary/aromatic N) is 1. The molecule has 0 bridgehead atoms. The first kappa shape index (κ1) is 25.0. The second-order valence-corrected chi connectivity index (χ2v) is 7.97. The zero-order valence-electron chi connectivity index (χ0n) is 18.3. The Kier molecular flexibility index (Phi) is 10.6. The molecule has 1 fully saturated rings. The molecule has 0 amide bonds. The van der Waals surface area contributed by atoms with Crippen molar-refractivity contribution in [1.82, 2.24) is 10.6 Å². The molecule has 0 radical (unpaired) electrons. The molecule has 0 aromatic heterocycles. The summed E-state index contributed by atoms with van der Waals surface area (Å²) in [6.07, 6.45) is 1.91. The molecule has 2 N–H and O–H groups in total. The van der Waals surface area contributed by atoms with Crippen molar-refractivity contribution in [1.29, 1.82) is 0 Å². The van der Waals surface area contributed by atoms with Crippen LogP contribution in [0.3, 0.4) is 0 Å². The maximum absolute atomic E-state index is 5.71. The van der Waals surface area contributed by atoms with Crippen LogP contribution >= 0.6 is 24.0 Å². The van der Waals surface area contributed by atoms with Gasteiger partial charge in [0.1, 0.15) is 5.75 Å². The molecule has 0 spiro atoms. The molecule has 1 saturated heterocycles. The predicted molar refractivity (Wildman–Crippen MR) is 128 cm³/mol. The van der Waals surface area contributed by atoms with Crippen LogP contribution in [0.1, 0.15) is 51.7 Å². The van der Waals surface area contributed by atoms with Crippen LogP contribution < -0.4 is 15.4 Å². The lowest BCUT2D eigenvalue weighted by Gasteiger charge is -2.37. The minimum atomic E-state index is -0.0565. The number of ether oxygens (including phenoxy) is 2. The Bertz CT molecular complexity index is 628. The van der Waals surface area contributed by atoms with Gasteiger partial charge in [-0.2, -0.15) is 0 Å². The standard InChI is InChI=1S/C22H37N3O2.HI/c1-7-23-21(25-18(5)16(2)3)24-15-22(10-12-27-13-11-22)19-14-17(4)8-9-20(19)26-6;/h8-9,14,16,18H,7,10-13,15H2,1-6H3,(H2,23,24,25);1H. The number of halogens is 1. The Labute approximate surface area is 188 Å². The molecule has 2 rings (SSSR count). The lowest BCUT2D eigenvalue weighted by molar-refractivity contribution is 0.0522. The van der Waals surface area contributed by atoms with E-state index < -0.39 is 0 Å². The summed E-state index contributed by atoms with van der Waals surface area (Å²) in [5.41, 5.74) is 2.45. The van der Waals surface area contributed by atoms with Crippen LogP contribution in [0.25, 0.3) is 0 Å². The van der Waals surface area contributed by atoms with E-state index in [1.807, 2.05) is 0 Å². The molecular weight excluding hydrogens is 465 g/mol. The molecule has 1 aromatic rings. The van der Waals surface area contributed by atoms with E-state index >= 15 is 0 Å². The summed E-state index contributed by atoms with van der Waals surface area (Å²) in [7, 11) is 1.75. The van der Waals surface area contributed by atoms with E-state index in [4.69, 9.17) is 14.5 Å². The highest BCUT2D eigenvalue weighted by Crippen LogP contribution is 2.40. The number of hydrogen-bond donors (Lipinski definition) is 2. The van der Waals surface area contributed by atoms with Gasteiger partial charge in [-0.25, -0.2) is 0 Å². The average Bonchev–Trinajstić information content (AvgIpc) is 2.67. The first-order chi connectivity index (χ1) is 12.9. The van der Waals surface area contributed by atoms with Crippen molar-refractivity contribution in [3.8, 4) is 5.75 Å². The van der Waals surface area contributed by atoms with Gasteiger partial charge in [0, 0.05) is 36.8 Å². The summed E-state index contributed by atoms with van der Waals surface area (Å²) >= 11 is 0. The van der Waals surface area contributed by atoms with Crippen LogP contribution in [0.15, 0.2) is 23.2 Å². The first-order valence-corrected chi connectivity index (χ1v) is 10.2. The van der Waals surface area contributed by atoms with Gasteiger partial charge in [0.05, 0.1) is 13.7 Å². The highest BCUT2D eigenvalue weighted by atomic mass is 127. The third-order valence-electron chi connectivity index (χ3n) is 5.62. The summed E-state index contributed by atoms with van der Waals surface area (Å²) in [6, 6.07) is 6.81. The van der Waals surface area contributed by atoms with Crippen LogP contribution in [0.2, 0.25) is 0 Å². The van der Waals surface area contributed by atoms with Crippen LogP contribution in [-0.4, -0.2) is 45.4 Å². The van der Waals surface area contributed by atoms with E-state index in [9.17, 15) is 0 Å². The predicted octanol–water partition coefficient (Wildman–Crippen LogP) is 4.27. The number of aryl methyl sites for hydroxylation is 1. The summed E-state index contributed by atoms with van der Waals surface area (Å²) in [5, 5.41) is 6.93. The SMILES string of the molecule is CCNC(=NCC1(c2cc(C)ccc2OC)CCOCC1)NC(C)C(C)C.I. The van der Waals surface area contributed by atoms with E-state index in [1.54, 1.807) is 7.11 Å². The average molecular weight is 503 g/mol. The third kappa shape index (κ3) is 6.51. The fourth-order valence-electron chi connectivity index (χ4n) is 3.44. The number of hydrogen-bond acceptors (Lipinski definition) is 3. The number of rotatable bonds is 7. The molecule has 160 valence electrons. The van der Waals surface area contributed by atoms with E-state index in [0.29, 0.717) is 12.0 Å². The van der Waals surface area contributed by atoms with Crippen LogP contribution in [0, 0.1) is 12.8 Å². The summed E-state index contributed by atoms with van der Waals surface area (Å²) < 4.78 is 11.4. The number of aliphatic imine (C=N–C) groups is 1. The lowest BCUT2D eigenvalue weighted by atomic mass is 9.73. The second-order valence-electron chi connectivity index (χ2n) is 7.97. The van der Waals surface area contributed by atoms with Gasteiger partial charge in [0.15, 0.2) is 5.96 Å². The zero-order chi connectivity index (χ0) is 19.9. The van der Waals surface area contributed by atoms with Gasteiger partial charge in [0.2, 0.25) is 0 Å². The number of methoxy groups -OCH3 is 1. The zero-order valence-corrected chi connectivity index (χ0v) is 20.6. The minimum Gasteiger partial charge on any atom is -0.496 e. The molecule has 28 heavy (non-hydrogen) atoms. The topological polar surface area (TPSA) is 54.9 Å². The Morgan fingerprint density at radius 2 is 1.93 bits per heavy atom. The van der Waals surface area contributed by atoms with E-state index in [1.165, 1.54) is 11.1 Å². The smallest absolute Gasteiger partial charge is 0.191 e. The van der Waals surface area contributed by atoms with Crippen molar-refractivity contribution in [3.05, 3.63) is 29.3 Å². The number of nitrogens with one attached hydrogen (secondary N) is 2. The van der Waals surface area contributed by atoms with Crippen molar-refractivity contribution in [2.75, 3.05) is 33.4 Å². The molecule has 1 heterocycles. The highest BCUT2D eigenvalue weighted by Gasteiger charge is 2.37. The van der Waals surface area contributed by atoms with E-state index in [0.717, 1.165) is 50.9 Å². The molecule has 1 atom stereocenters. The maximum Gasteiger partial charge on any atom is 0.191 e. The minimum absolute atomic E-state index is 0. The van der Waals surface area contributed by atoms with E-state index in [2.05, 4.69) is 63.5 Å². The van der Waals surface area contributed by atoms with Gasteiger partial charge in [-0.1, -0.05) is 31.5 Å². The van der Waals surface area contributed by atoms with Gasteiger partial charge in [0.25, 0.3) is 0 Å². The molecule has 1 aromatic carbocycles.